The molecular formula is C22H25N3O3S. The van der Waals surface area contributed by atoms with Crippen molar-refractivity contribution in [2.75, 3.05) is 23.7 Å². The maximum absolute atomic E-state index is 12.4. The van der Waals surface area contributed by atoms with Gasteiger partial charge in [-0.25, -0.2) is 8.42 Å². The van der Waals surface area contributed by atoms with Crippen LogP contribution in [0, 0.1) is 18.3 Å². The lowest BCUT2D eigenvalue weighted by atomic mass is 10.1. The molecule has 1 aliphatic rings. The van der Waals surface area contributed by atoms with E-state index in [1.807, 2.05) is 24.3 Å². The number of carbonyl (C=O) groups is 1. The normalized spacial score (nSPS) is 14.3. The Morgan fingerprint density at radius 2 is 1.62 bits per heavy atom. The smallest absolute Gasteiger partial charge is 0.255 e. The summed E-state index contributed by atoms with van der Waals surface area (Å²) >= 11 is 0. The lowest BCUT2D eigenvalue weighted by molar-refractivity contribution is 0.102. The fourth-order valence-electron chi connectivity index (χ4n) is 3.36. The molecule has 3 N–H and O–H groups in total. The Bertz CT molecular complexity index is 971. The van der Waals surface area contributed by atoms with Gasteiger partial charge in [-0.2, -0.15) is 4.72 Å². The molecule has 29 heavy (non-hydrogen) atoms. The van der Waals surface area contributed by atoms with E-state index in [1.54, 1.807) is 0 Å². The molecule has 2 aromatic rings. The first-order valence-corrected chi connectivity index (χ1v) is 11.1. The largest absolute Gasteiger partial charge is 0.385 e. The maximum atomic E-state index is 12.4. The van der Waals surface area contributed by atoms with Gasteiger partial charge in [-0.05, 0) is 67.3 Å². The van der Waals surface area contributed by atoms with E-state index in [0.29, 0.717) is 11.3 Å². The molecule has 0 heterocycles. The summed E-state index contributed by atoms with van der Waals surface area (Å²) in [7, 11) is -3.67. The van der Waals surface area contributed by atoms with Crippen molar-refractivity contribution in [3.05, 3.63) is 54.1 Å². The first-order chi connectivity index (χ1) is 14.0. The minimum absolute atomic E-state index is 0.0574. The van der Waals surface area contributed by atoms with E-state index in [4.69, 9.17) is 6.42 Å². The number of carbonyl (C=O) groups excluding carboxylic acids is 1. The number of amides is 1. The molecule has 1 aliphatic carbocycles. The van der Waals surface area contributed by atoms with Gasteiger partial charge in [0.1, 0.15) is 0 Å². The van der Waals surface area contributed by atoms with Crippen LogP contribution in [0.5, 0.6) is 0 Å². The second-order valence-electron chi connectivity index (χ2n) is 7.12. The molecule has 6 nitrogen and oxygen atoms in total. The zero-order chi connectivity index (χ0) is 20.7. The molecule has 0 unspecified atom stereocenters. The molecule has 0 saturated heterocycles. The number of rotatable bonds is 8. The Morgan fingerprint density at radius 3 is 2.24 bits per heavy atom. The van der Waals surface area contributed by atoms with E-state index < -0.39 is 10.0 Å². The van der Waals surface area contributed by atoms with Gasteiger partial charge >= 0.3 is 0 Å². The zero-order valence-electron chi connectivity index (χ0n) is 16.1. The van der Waals surface area contributed by atoms with Gasteiger partial charge in [0.05, 0.1) is 11.4 Å². The van der Waals surface area contributed by atoms with Crippen molar-refractivity contribution in [1.29, 1.82) is 0 Å². The van der Waals surface area contributed by atoms with Gasteiger partial charge in [0.25, 0.3) is 5.91 Å². The van der Waals surface area contributed by atoms with Gasteiger partial charge in [-0.15, -0.1) is 6.42 Å². The summed E-state index contributed by atoms with van der Waals surface area (Å²) in [4.78, 5) is 12.5. The standard InChI is InChI=1S/C22H25N3O3S/c1-2-15-24-29(27,28)21-13-7-18(8-14-21)22(26)25-20-11-9-19(10-12-20)23-16-17-5-3-4-6-17/h1,7-14,17,23-24H,3-6,15-16H2,(H,25,26). The summed E-state index contributed by atoms with van der Waals surface area (Å²) in [5.74, 6) is 2.66. The predicted molar refractivity (Wildman–Crippen MR) is 115 cm³/mol. The minimum Gasteiger partial charge on any atom is -0.385 e. The summed E-state index contributed by atoms with van der Waals surface area (Å²) in [5.41, 5.74) is 2.07. The van der Waals surface area contributed by atoms with Crippen molar-refractivity contribution in [3.8, 4) is 12.3 Å². The first-order valence-electron chi connectivity index (χ1n) is 9.66. The van der Waals surface area contributed by atoms with Crippen molar-refractivity contribution in [1.82, 2.24) is 4.72 Å². The third-order valence-electron chi connectivity index (χ3n) is 5.00. The minimum atomic E-state index is -3.67. The quantitative estimate of drug-likeness (QED) is 0.581. The van der Waals surface area contributed by atoms with Crippen molar-refractivity contribution < 1.29 is 13.2 Å². The fourth-order valence-corrected chi connectivity index (χ4v) is 4.29. The van der Waals surface area contributed by atoms with Crippen molar-refractivity contribution in [2.24, 2.45) is 5.92 Å². The van der Waals surface area contributed by atoms with Crippen LogP contribution in [-0.4, -0.2) is 27.4 Å². The number of sulfonamides is 1. The van der Waals surface area contributed by atoms with E-state index in [0.717, 1.165) is 18.2 Å². The highest BCUT2D eigenvalue weighted by Crippen LogP contribution is 2.25. The average Bonchev–Trinajstić information content (AvgIpc) is 3.25. The number of hydrogen-bond acceptors (Lipinski definition) is 4. The average molecular weight is 412 g/mol. The van der Waals surface area contributed by atoms with Crippen LogP contribution in [-0.2, 0) is 10.0 Å². The second kappa shape index (κ2) is 9.59. The number of terminal acetylenes is 1. The zero-order valence-corrected chi connectivity index (χ0v) is 17.0. The fraction of sp³-hybridized carbons (Fsp3) is 0.318. The molecule has 7 heteroatoms. The lowest BCUT2D eigenvalue weighted by Gasteiger charge is -2.12. The summed E-state index contributed by atoms with van der Waals surface area (Å²) in [6.45, 7) is 0.896. The van der Waals surface area contributed by atoms with Gasteiger partial charge < -0.3 is 10.6 Å². The van der Waals surface area contributed by atoms with Crippen LogP contribution in [0.2, 0.25) is 0 Å². The van der Waals surface area contributed by atoms with E-state index in [1.165, 1.54) is 49.9 Å². The molecule has 0 spiro atoms. The molecule has 0 bridgehead atoms. The molecule has 0 radical (unpaired) electrons. The molecule has 1 fully saturated rings. The van der Waals surface area contributed by atoms with Crippen molar-refractivity contribution in [2.45, 2.75) is 30.6 Å². The highest BCUT2D eigenvalue weighted by Gasteiger charge is 2.15. The van der Waals surface area contributed by atoms with Gasteiger partial charge in [0.15, 0.2) is 0 Å². The third-order valence-corrected chi connectivity index (χ3v) is 6.42. The Balaban J connectivity index is 1.56. The molecule has 0 atom stereocenters. The highest BCUT2D eigenvalue weighted by molar-refractivity contribution is 7.89. The Labute approximate surface area is 172 Å². The molecule has 3 rings (SSSR count). The van der Waals surface area contributed by atoms with Crippen molar-refractivity contribution in [3.63, 3.8) is 0 Å². The van der Waals surface area contributed by atoms with Crippen LogP contribution in [0.25, 0.3) is 0 Å². The number of hydrogen-bond donors (Lipinski definition) is 3. The van der Waals surface area contributed by atoms with E-state index >= 15 is 0 Å². The lowest BCUT2D eigenvalue weighted by Crippen LogP contribution is -2.24. The number of benzene rings is 2. The summed E-state index contributed by atoms with van der Waals surface area (Å²) in [6.07, 6.45) is 10.3. The summed E-state index contributed by atoms with van der Waals surface area (Å²) in [5, 5.41) is 6.26. The summed E-state index contributed by atoms with van der Waals surface area (Å²) in [6, 6.07) is 13.3. The SMILES string of the molecule is C#CCNS(=O)(=O)c1ccc(C(=O)Nc2ccc(NCC3CCCC3)cc2)cc1. The Kier molecular flexibility index (Phi) is 6.91. The van der Waals surface area contributed by atoms with Gasteiger partial charge in [0, 0.05) is 23.5 Å². The molecule has 1 amide bonds. The maximum Gasteiger partial charge on any atom is 0.255 e. The molecule has 0 aliphatic heterocycles. The van der Waals surface area contributed by atoms with Gasteiger partial charge in [-0.3, -0.25) is 4.79 Å². The Morgan fingerprint density at radius 1 is 1.00 bits per heavy atom. The molecule has 2 aromatic carbocycles. The summed E-state index contributed by atoms with van der Waals surface area (Å²) < 4.78 is 26.3. The highest BCUT2D eigenvalue weighted by atomic mass is 32.2. The first kappa shape index (κ1) is 20.9. The monoisotopic (exact) mass is 411 g/mol. The molecular weight excluding hydrogens is 386 g/mol. The second-order valence-corrected chi connectivity index (χ2v) is 8.88. The van der Waals surface area contributed by atoms with Crippen LogP contribution >= 0.6 is 0 Å². The van der Waals surface area contributed by atoms with E-state index in [2.05, 4.69) is 21.3 Å². The van der Waals surface area contributed by atoms with E-state index in [9.17, 15) is 13.2 Å². The van der Waals surface area contributed by atoms with Gasteiger partial charge in [0.2, 0.25) is 10.0 Å². The predicted octanol–water partition coefficient (Wildman–Crippen LogP) is 3.45. The van der Waals surface area contributed by atoms with Crippen LogP contribution in [0.1, 0.15) is 36.0 Å². The number of anilines is 2. The number of nitrogens with one attached hydrogen (secondary N) is 3. The van der Waals surface area contributed by atoms with Crippen LogP contribution < -0.4 is 15.4 Å². The van der Waals surface area contributed by atoms with Gasteiger partial charge in [-0.1, -0.05) is 18.8 Å². The third kappa shape index (κ3) is 5.83. The topological polar surface area (TPSA) is 87.3 Å². The van der Waals surface area contributed by atoms with Crippen molar-refractivity contribution >= 4 is 27.3 Å². The van der Waals surface area contributed by atoms with Crippen LogP contribution in [0.4, 0.5) is 11.4 Å². The Hall–Kier alpha value is -2.82. The van der Waals surface area contributed by atoms with Crippen LogP contribution in [0.15, 0.2) is 53.4 Å². The van der Waals surface area contributed by atoms with E-state index in [-0.39, 0.29) is 17.3 Å². The molecule has 1 saturated carbocycles. The van der Waals surface area contributed by atoms with Crippen LogP contribution in [0.3, 0.4) is 0 Å². The molecule has 152 valence electrons. The molecule has 0 aromatic heterocycles.